The molecule has 0 fully saturated rings. The van der Waals surface area contributed by atoms with Gasteiger partial charge in [-0.15, -0.1) is 20.4 Å². The molecular weight excluding hydrogens is 180 g/mol. The molecule has 0 aliphatic carbocycles. The molecule has 0 saturated carbocycles. The van der Waals surface area contributed by atoms with E-state index in [0.29, 0.717) is 5.82 Å². The first-order valence-electron chi connectivity index (χ1n) is 4.05. The molecule has 5 heteroatoms. The van der Waals surface area contributed by atoms with Gasteiger partial charge in [-0.2, -0.15) is 0 Å². The summed E-state index contributed by atoms with van der Waals surface area (Å²) in [4.78, 5) is 0. The molecule has 70 valence electrons. The highest BCUT2D eigenvalue weighted by molar-refractivity contribution is 5.54. The van der Waals surface area contributed by atoms with Crippen molar-refractivity contribution in [1.29, 1.82) is 0 Å². The predicted octanol–water partition coefficient (Wildman–Crippen LogP) is 0.942. The summed E-state index contributed by atoms with van der Waals surface area (Å²) in [6.45, 7) is 0. The molecule has 5 nitrogen and oxygen atoms in total. The Balaban J connectivity index is 2.34. The highest BCUT2D eigenvalue weighted by Crippen LogP contribution is 2.17. The normalized spacial score (nSPS) is 9.79. The van der Waals surface area contributed by atoms with Crippen LogP contribution in [-0.2, 0) is 0 Å². The average Bonchev–Trinajstić information content (AvgIpc) is 2.30. The molecule has 0 spiro atoms. The maximum Gasteiger partial charge on any atom is 0.203 e. The summed E-state index contributed by atoms with van der Waals surface area (Å²) in [6, 6.07) is 7.40. The highest BCUT2D eigenvalue weighted by Gasteiger charge is 2.00. The summed E-state index contributed by atoms with van der Waals surface area (Å²) in [5.74, 6) is 1.31. The molecule has 0 aliphatic heterocycles. The Morgan fingerprint density at radius 3 is 2.21 bits per heavy atom. The van der Waals surface area contributed by atoms with E-state index in [9.17, 15) is 0 Å². The van der Waals surface area contributed by atoms with Crippen molar-refractivity contribution in [2.24, 2.45) is 0 Å². The lowest BCUT2D eigenvalue weighted by molar-refractivity contribution is 0.415. The first-order chi connectivity index (χ1) is 6.90. The number of methoxy groups -OCH3 is 1. The Kier molecular flexibility index (Phi) is 2.31. The number of hydrogen-bond donors (Lipinski definition) is 0. The monoisotopic (exact) mass is 188 g/mol. The minimum absolute atomic E-state index is 0.509. The second kappa shape index (κ2) is 3.78. The zero-order valence-corrected chi connectivity index (χ0v) is 7.58. The molecule has 2 aromatic rings. The molecule has 0 bridgehead atoms. The number of benzene rings is 1. The lowest BCUT2D eigenvalue weighted by Crippen LogP contribution is -1.93. The third kappa shape index (κ3) is 1.66. The van der Waals surface area contributed by atoms with Gasteiger partial charge in [0, 0.05) is 5.56 Å². The van der Waals surface area contributed by atoms with E-state index in [1.165, 1.54) is 6.33 Å². The maximum atomic E-state index is 5.03. The lowest BCUT2D eigenvalue weighted by Gasteiger charge is -2.00. The van der Waals surface area contributed by atoms with Gasteiger partial charge < -0.3 is 4.74 Å². The van der Waals surface area contributed by atoms with E-state index < -0.39 is 0 Å². The number of aromatic nitrogens is 4. The van der Waals surface area contributed by atoms with E-state index >= 15 is 0 Å². The van der Waals surface area contributed by atoms with E-state index in [0.717, 1.165) is 11.3 Å². The summed E-state index contributed by atoms with van der Waals surface area (Å²) < 4.78 is 5.03. The van der Waals surface area contributed by atoms with Crippen LogP contribution >= 0.6 is 0 Å². The molecule has 0 amide bonds. The van der Waals surface area contributed by atoms with Crippen LogP contribution in [0.4, 0.5) is 0 Å². The fourth-order valence-corrected chi connectivity index (χ4v) is 1.06. The molecule has 0 atom stereocenters. The molecule has 1 aromatic carbocycles. The van der Waals surface area contributed by atoms with Crippen LogP contribution in [0.1, 0.15) is 0 Å². The average molecular weight is 188 g/mol. The van der Waals surface area contributed by atoms with E-state index in [-0.39, 0.29) is 0 Å². The van der Waals surface area contributed by atoms with Gasteiger partial charge in [0.1, 0.15) is 5.75 Å². The number of rotatable bonds is 2. The van der Waals surface area contributed by atoms with E-state index in [4.69, 9.17) is 4.74 Å². The Morgan fingerprint density at radius 1 is 1.00 bits per heavy atom. The van der Waals surface area contributed by atoms with Crippen LogP contribution in [0.15, 0.2) is 30.6 Å². The van der Waals surface area contributed by atoms with Crippen molar-refractivity contribution in [3.8, 4) is 17.1 Å². The number of hydrogen-bond acceptors (Lipinski definition) is 5. The quantitative estimate of drug-likeness (QED) is 0.701. The van der Waals surface area contributed by atoms with Crippen LogP contribution in [0.5, 0.6) is 5.75 Å². The van der Waals surface area contributed by atoms with Gasteiger partial charge in [-0.3, -0.25) is 0 Å². The molecule has 0 N–H and O–H groups in total. The second-order valence-corrected chi connectivity index (χ2v) is 2.60. The Bertz CT molecular complexity index is 401. The van der Waals surface area contributed by atoms with Crippen molar-refractivity contribution < 1.29 is 4.74 Å². The minimum Gasteiger partial charge on any atom is -0.497 e. The van der Waals surface area contributed by atoms with Crippen LogP contribution < -0.4 is 4.74 Å². The van der Waals surface area contributed by atoms with E-state index in [1.807, 2.05) is 24.3 Å². The molecular formula is C9H8N4O. The third-order valence-electron chi connectivity index (χ3n) is 1.76. The standard InChI is InChI=1S/C9H8N4O/c1-14-8-4-2-7(3-5-8)9-12-10-6-11-13-9/h2-6H,1H3. The Hall–Kier alpha value is -2.04. The van der Waals surface area contributed by atoms with Gasteiger partial charge in [0.25, 0.3) is 0 Å². The number of ether oxygens (including phenoxy) is 1. The van der Waals surface area contributed by atoms with E-state index in [1.54, 1.807) is 7.11 Å². The summed E-state index contributed by atoms with van der Waals surface area (Å²) in [5.41, 5.74) is 0.867. The van der Waals surface area contributed by atoms with Crippen LogP contribution in [0.25, 0.3) is 11.4 Å². The summed E-state index contributed by atoms with van der Waals surface area (Å²) in [5, 5.41) is 15.0. The van der Waals surface area contributed by atoms with Gasteiger partial charge in [0.15, 0.2) is 6.33 Å². The minimum atomic E-state index is 0.509. The largest absolute Gasteiger partial charge is 0.497 e. The van der Waals surface area contributed by atoms with Gasteiger partial charge in [0.2, 0.25) is 5.82 Å². The molecule has 1 aromatic heterocycles. The lowest BCUT2D eigenvalue weighted by atomic mass is 10.2. The van der Waals surface area contributed by atoms with Gasteiger partial charge >= 0.3 is 0 Å². The smallest absolute Gasteiger partial charge is 0.203 e. The van der Waals surface area contributed by atoms with Crippen molar-refractivity contribution in [2.75, 3.05) is 7.11 Å². The topological polar surface area (TPSA) is 60.8 Å². The molecule has 0 radical (unpaired) electrons. The summed E-state index contributed by atoms with van der Waals surface area (Å²) >= 11 is 0. The molecule has 2 rings (SSSR count). The summed E-state index contributed by atoms with van der Waals surface area (Å²) in [6.07, 6.45) is 1.30. The van der Waals surface area contributed by atoms with Gasteiger partial charge in [0.05, 0.1) is 7.11 Å². The fourth-order valence-electron chi connectivity index (χ4n) is 1.06. The fraction of sp³-hybridized carbons (Fsp3) is 0.111. The molecule has 0 saturated heterocycles. The molecule has 14 heavy (non-hydrogen) atoms. The van der Waals surface area contributed by atoms with Crippen LogP contribution in [-0.4, -0.2) is 27.5 Å². The van der Waals surface area contributed by atoms with Gasteiger partial charge in [-0.25, -0.2) is 0 Å². The highest BCUT2D eigenvalue weighted by atomic mass is 16.5. The van der Waals surface area contributed by atoms with E-state index in [2.05, 4.69) is 20.4 Å². The van der Waals surface area contributed by atoms with Crippen molar-refractivity contribution >= 4 is 0 Å². The Labute approximate surface area is 80.8 Å². The molecule has 0 unspecified atom stereocenters. The van der Waals surface area contributed by atoms with Crippen molar-refractivity contribution in [3.05, 3.63) is 30.6 Å². The Morgan fingerprint density at radius 2 is 1.64 bits per heavy atom. The first-order valence-corrected chi connectivity index (χ1v) is 4.05. The maximum absolute atomic E-state index is 5.03. The SMILES string of the molecule is COc1ccc(-c2nncnn2)cc1. The van der Waals surface area contributed by atoms with Crippen molar-refractivity contribution in [1.82, 2.24) is 20.4 Å². The third-order valence-corrected chi connectivity index (χ3v) is 1.76. The predicted molar refractivity (Wildman–Crippen MR) is 49.6 cm³/mol. The molecule has 0 aliphatic rings. The summed E-state index contributed by atoms with van der Waals surface area (Å²) in [7, 11) is 1.62. The zero-order chi connectivity index (χ0) is 9.80. The van der Waals surface area contributed by atoms with Crippen molar-refractivity contribution in [3.63, 3.8) is 0 Å². The van der Waals surface area contributed by atoms with Crippen LogP contribution in [0.2, 0.25) is 0 Å². The van der Waals surface area contributed by atoms with Gasteiger partial charge in [-0.1, -0.05) is 0 Å². The second-order valence-electron chi connectivity index (χ2n) is 2.60. The van der Waals surface area contributed by atoms with Crippen LogP contribution in [0, 0.1) is 0 Å². The molecule has 1 heterocycles. The van der Waals surface area contributed by atoms with Crippen LogP contribution in [0.3, 0.4) is 0 Å². The van der Waals surface area contributed by atoms with Crippen molar-refractivity contribution in [2.45, 2.75) is 0 Å². The first kappa shape index (κ1) is 8.55. The zero-order valence-electron chi connectivity index (χ0n) is 7.58. The van der Waals surface area contributed by atoms with Gasteiger partial charge in [-0.05, 0) is 24.3 Å². The number of nitrogens with zero attached hydrogens (tertiary/aromatic N) is 4.